The molecule has 0 bridgehead atoms. The fourth-order valence-electron chi connectivity index (χ4n) is 2.79. The Labute approximate surface area is 133 Å². The van der Waals surface area contributed by atoms with E-state index in [2.05, 4.69) is 21.5 Å². The van der Waals surface area contributed by atoms with Crippen LogP contribution >= 0.6 is 0 Å². The Hall–Kier alpha value is -1.73. The molecule has 0 radical (unpaired) electrons. The van der Waals surface area contributed by atoms with Crippen LogP contribution < -0.4 is 14.8 Å². The molecule has 1 atom stereocenters. The van der Waals surface area contributed by atoms with E-state index in [9.17, 15) is 13.2 Å². The Kier molecular flexibility index (Phi) is 5.90. The van der Waals surface area contributed by atoms with Crippen LogP contribution in [0.15, 0.2) is 30.9 Å². The van der Waals surface area contributed by atoms with Gasteiger partial charge in [0.2, 0.25) is 0 Å². The number of rotatable bonds is 6. The minimum Gasteiger partial charge on any atom is -0.496 e. The molecule has 7 heteroatoms. The summed E-state index contributed by atoms with van der Waals surface area (Å²) < 4.78 is 46.8. The first kappa shape index (κ1) is 17.6. The molecule has 0 aliphatic carbocycles. The summed E-state index contributed by atoms with van der Waals surface area (Å²) >= 11 is 0. The van der Waals surface area contributed by atoms with Gasteiger partial charge in [0.1, 0.15) is 11.5 Å². The molecule has 1 heterocycles. The molecule has 1 N–H and O–H groups in total. The van der Waals surface area contributed by atoms with E-state index in [4.69, 9.17) is 4.74 Å². The largest absolute Gasteiger partial charge is 0.573 e. The van der Waals surface area contributed by atoms with E-state index in [1.54, 1.807) is 6.08 Å². The predicted molar refractivity (Wildman–Crippen MR) is 81.7 cm³/mol. The van der Waals surface area contributed by atoms with Crippen LogP contribution in [0, 0.1) is 0 Å². The van der Waals surface area contributed by atoms with Gasteiger partial charge in [0.05, 0.1) is 7.11 Å². The zero-order chi connectivity index (χ0) is 16.9. The van der Waals surface area contributed by atoms with E-state index in [1.807, 2.05) is 0 Å². The van der Waals surface area contributed by atoms with Gasteiger partial charge >= 0.3 is 6.36 Å². The van der Waals surface area contributed by atoms with Crippen molar-refractivity contribution in [3.8, 4) is 11.5 Å². The summed E-state index contributed by atoms with van der Waals surface area (Å²) in [4.78, 5) is 2.22. The summed E-state index contributed by atoms with van der Waals surface area (Å²) in [5, 5.41) is 3.26. The molecule has 2 rings (SSSR count). The minimum absolute atomic E-state index is 0.0960. The first-order valence-corrected chi connectivity index (χ1v) is 7.44. The quantitative estimate of drug-likeness (QED) is 0.813. The maximum absolute atomic E-state index is 12.5. The van der Waals surface area contributed by atoms with Crippen LogP contribution in [0.1, 0.15) is 18.0 Å². The molecule has 0 spiro atoms. The molecule has 1 aliphatic heterocycles. The SMILES string of the molecule is C=CC[C@H](c1cc(OC(F)(F)F)ccc1OC)N1CCNCC1. The van der Waals surface area contributed by atoms with Gasteiger partial charge in [0.15, 0.2) is 0 Å². The van der Waals surface area contributed by atoms with E-state index < -0.39 is 6.36 Å². The molecule has 23 heavy (non-hydrogen) atoms. The fourth-order valence-corrected chi connectivity index (χ4v) is 2.79. The van der Waals surface area contributed by atoms with Gasteiger partial charge in [-0.15, -0.1) is 19.8 Å². The average Bonchev–Trinajstić information content (AvgIpc) is 2.52. The number of methoxy groups -OCH3 is 1. The Morgan fingerprint density at radius 3 is 2.61 bits per heavy atom. The number of hydrogen-bond acceptors (Lipinski definition) is 4. The van der Waals surface area contributed by atoms with Crippen LogP contribution in [0.4, 0.5) is 13.2 Å². The number of nitrogens with one attached hydrogen (secondary N) is 1. The van der Waals surface area contributed by atoms with Crippen molar-refractivity contribution in [3.05, 3.63) is 36.4 Å². The molecule has 128 valence electrons. The lowest BCUT2D eigenvalue weighted by atomic mass is 9.99. The topological polar surface area (TPSA) is 33.7 Å². The molecule has 1 saturated heterocycles. The van der Waals surface area contributed by atoms with Crippen LogP contribution in [0.5, 0.6) is 11.5 Å². The highest BCUT2D eigenvalue weighted by molar-refractivity contribution is 5.42. The lowest BCUT2D eigenvalue weighted by Gasteiger charge is -2.35. The summed E-state index contributed by atoms with van der Waals surface area (Å²) in [6, 6.07) is 4.08. The van der Waals surface area contributed by atoms with Crippen LogP contribution in [0.3, 0.4) is 0 Å². The average molecular weight is 330 g/mol. The minimum atomic E-state index is -4.71. The smallest absolute Gasteiger partial charge is 0.496 e. The third-order valence-corrected chi connectivity index (χ3v) is 3.78. The molecule has 0 unspecified atom stereocenters. The zero-order valence-electron chi connectivity index (χ0n) is 13.0. The monoisotopic (exact) mass is 330 g/mol. The number of hydrogen-bond donors (Lipinski definition) is 1. The molecule has 0 aromatic heterocycles. The number of benzene rings is 1. The molecule has 0 amide bonds. The first-order valence-electron chi connectivity index (χ1n) is 7.44. The van der Waals surface area contributed by atoms with Crippen LogP contribution in [0.2, 0.25) is 0 Å². The van der Waals surface area contributed by atoms with Gasteiger partial charge in [-0.05, 0) is 24.6 Å². The van der Waals surface area contributed by atoms with Crippen molar-refractivity contribution in [2.45, 2.75) is 18.8 Å². The molecule has 4 nitrogen and oxygen atoms in total. The van der Waals surface area contributed by atoms with Gasteiger partial charge in [-0.3, -0.25) is 4.90 Å². The number of ether oxygens (including phenoxy) is 2. The van der Waals surface area contributed by atoms with Crippen LogP contribution in [-0.2, 0) is 0 Å². The van der Waals surface area contributed by atoms with Gasteiger partial charge in [0.25, 0.3) is 0 Å². The molecular formula is C16H21F3N2O2. The summed E-state index contributed by atoms with van der Waals surface area (Å²) in [5.74, 6) is 0.308. The van der Waals surface area contributed by atoms with Gasteiger partial charge in [-0.1, -0.05) is 6.08 Å². The molecule has 1 fully saturated rings. The molecule has 1 aliphatic rings. The lowest BCUT2D eigenvalue weighted by Crippen LogP contribution is -2.45. The van der Waals surface area contributed by atoms with Crippen molar-refractivity contribution in [1.29, 1.82) is 0 Å². The van der Waals surface area contributed by atoms with Crippen molar-refractivity contribution in [1.82, 2.24) is 10.2 Å². The normalized spacial score (nSPS) is 17.6. The molecule has 0 saturated carbocycles. The first-order chi connectivity index (χ1) is 10.9. The number of halogens is 3. The Morgan fingerprint density at radius 1 is 1.35 bits per heavy atom. The van der Waals surface area contributed by atoms with E-state index in [0.717, 1.165) is 26.2 Å². The van der Waals surface area contributed by atoms with E-state index in [0.29, 0.717) is 17.7 Å². The third kappa shape index (κ3) is 4.87. The Bertz CT molecular complexity index is 529. The predicted octanol–water partition coefficient (Wildman–Crippen LogP) is 3.12. The summed E-state index contributed by atoms with van der Waals surface area (Å²) in [6.45, 7) is 7.07. The van der Waals surface area contributed by atoms with E-state index >= 15 is 0 Å². The van der Waals surface area contributed by atoms with Crippen molar-refractivity contribution in [3.63, 3.8) is 0 Å². The number of alkyl halides is 3. The fraction of sp³-hybridized carbons (Fsp3) is 0.500. The molecule has 1 aromatic carbocycles. The molecular weight excluding hydrogens is 309 g/mol. The highest BCUT2D eigenvalue weighted by Gasteiger charge is 2.32. The number of nitrogens with zero attached hydrogens (tertiary/aromatic N) is 1. The maximum atomic E-state index is 12.5. The van der Waals surface area contributed by atoms with Gasteiger partial charge in [0, 0.05) is 37.8 Å². The van der Waals surface area contributed by atoms with Crippen molar-refractivity contribution in [2.75, 3.05) is 33.3 Å². The molecule has 1 aromatic rings. The number of piperazine rings is 1. The summed E-state index contributed by atoms with van der Waals surface area (Å²) in [6.07, 6.45) is -2.33. The van der Waals surface area contributed by atoms with Crippen molar-refractivity contribution >= 4 is 0 Å². The summed E-state index contributed by atoms with van der Waals surface area (Å²) in [5.41, 5.74) is 0.677. The van der Waals surface area contributed by atoms with Crippen molar-refractivity contribution < 1.29 is 22.6 Å². The zero-order valence-corrected chi connectivity index (χ0v) is 13.0. The second kappa shape index (κ2) is 7.70. The Balaban J connectivity index is 2.34. The Morgan fingerprint density at radius 2 is 2.04 bits per heavy atom. The van der Waals surface area contributed by atoms with Crippen molar-refractivity contribution in [2.24, 2.45) is 0 Å². The van der Waals surface area contributed by atoms with Gasteiger partial charge < -0.3 is 14.8 Å². The second-order valence-corrected chi connectivity index (χ2v) is 5.28. The lowest BCUT2D eigenvalue weighted by molar-refractivity contribution is -0.274. The van der Waals surface area contributed by atoms with Crippen LogP contribution in [0.25, 0.3) is 0 Å². The third-order valence-electron chi connectivity index (χ3n) is 3.78. The maximum Gasteiger partial charge on any atom is 0.573 e. The highest BCUT2D eigenvalue weighted by atomic mass is 19.4. The summed E-state index contributed by atoms with van der Waals surface area (Å²) in [7, 11) is 1.51. The standard InChI is InChI=1S/C16H21F3N2O2/c1-3-4-14(21-9-7-20-8-10-21)13-11-12(23-16(17,18)19)5-6-15(13)22-2/h3,5-6,11,14,20H,1,4,7-10H2,2H3/t14-/m1/s1. The van der Waals surface area contributed by atoms with E-state index in [1.165, 1.54) is 25.3 Å². The highest BCUT2D eigenvalue weighted by Crippen LogP contribution is 2.36. The van der Waals surface area contributed by atoms with E-state index in [-0.39, 0.29) is 11.8 Å². The van der Waals surface area contributed by atoms with Gasteiger partial charge in [-0.2, -0.15) is 0 Å². The second-order valence-electron chi connectivity index (χ2n) is 5.28. The van der Waals surface area contributed by atoms with Crippen LogP contribution in [-0.4, -0.2) is 44.6 Å². The van der Waals surface area contributed by atoms with Gasteiger partial charge in [-0.25, -0.2) is 0 Å².